The first-order valence-electron chi connectivity index (χ1n) is 10.1. The Morgan fingerprint density at radius 1 is 1.09 bits per heavy atom. The zero-order valence-corrected chi connectivity index (χ0v) is 17.0. The highest BCUT2D eigenvalue weighted by Gasteiger charge is 2.31. The van der Waals surface area contributed by atoms with Crippen molar-refractivity contribution in [1.29, 1.82) is 0 Å². The summed E-state index contributed by atoms with van der Waals surface area (Å²) in [5.41, 5.74) is 0.140. The molecular formula is C21H18F3N7O2. The summed E-state index contributed by atoms with van der Waals surface area (Å²) in [5.74, 6) is 0.215. The third-order valence-corrected chi connectivity index (χ3v) is 5.29. The van der Waals surface area contributed by atoms with E-state index in [9.17, 15) is 23.1 Å². The van der Waals surface area contributed by atoms with Crippen molar-refractivity contribution in [2.24, 2.45) is 0 Å². The first-order valence-corrected chi connectivity index (χ1v) is 10.1. The van der Waals surface area contributed by atoms with Crippen LogP contribution in [0.1, 0.15) is 5.56 Å². The maximum atomic E-state index is 13.3. The fraction of sp³-hybridized carbons (Fsp3) is 0.238. The van der Waals surface area contributed by atoms with E-state index in [1.807, 2.05) is 0 Å². The van der Waals surface area contributed by atoms with Crippen molar-refractivity contribution in [3.8, 4) is 17.1 Å². The molecule has 4 aromatic rings. The Kier molecular flexibility index (Phi) is 5.01. The number of phenolic OH excluding ortho intramolecular Hbond substituents is 1. The van der Waals surface area contributed by atoms with E-state index in [-0.39, 0.29) is 40.0 Å². The summed E-state index contributed by atoms with van der Waals surface area (Å²) < 4.78 is 41.3. The number of alkyl halides is 3. The second-order valence-corrected chi connectivity index (χ2v) is 7.57. The molecule has 1 fully saturated rings. The van der Waals surface area contributed by atoms with Gasteiger partial charge in [0, 0.05) is 30.6 Å². The number of amides is 1. The lowest BCUT2D eigenvalue weighted by Crippen LogP contribution is -2.42. The molecule has 0 bridgehead atoms. The number of nitrogens with one attached hydrogen (secondary N) is 3. The zero-order chi connectivity index (χ0) is 23.2. The number of hydrogen-bond donors (Lipinski definition) is 4. The standard InChI is InChI=1S/C21H18F3N7O2/c22-21(23,24)12-3-6-15-14(9-12)18-29-17(11-1-4-13(32)5-2-11)30-31(18)20(27-15)28-16-10-25-7-8-26-19(16)33/h1-6,9,16,25,32H,7-8,10H2,(H,26,33)(H,27,28)/t16-/m1/s1. The van der Waals surface area contributed by atoms with E-state index in [0.29, 0.717) is 25.2 Å². The van der Waals surface area contributed by atoms with Crippen LogP contribution in [0.15, 0.2) is 42.5 Å². The molecule has 0 aliphatic carbocycles. The number of fused-ring (bicyclic) bond motifs is 3. The number of aromatic hydroxyl groups is 1. The second-order valence-electron chi connectivity index (χ2n) is 7.57. The smallest absolute Gasteiger partial charge is 0.416 e. The molecule has 33 heavy (non-hydrogen) atoms. The van der Waals surface area contributed by atoms with Gasteiger partial charge in [-0.25, -0.2) is 9.97 Å². The Balaban J connectivity index is 1.69. The highest BCUT2D eigenvalue weighted by atomic mass is 19.4. The first kappa shape index (κ1) is 20.9. The molecule has 5 rings (SSSR count). The number of nitrogens with zero attached hydrogens (tertiary/aromatic N) is 4. The fourth-order valence-corrected chi connectivity index (χ4v) is 3.62. The number of phenols is 1. The summed E-state index contributed by atoms with van der Waals surface area (Å²) in [6, 6.07) is 8.64. The van der Waals surface area contributed by atoms with E-state index in [0.717, 1.165) is 12.1 Å². The van der Waals surface area contributed by atoms with E-state index >= 15 is 0 Å². The van der Waals surface area contributed by atoms with Crippen LogP contribution in [-0.2, 0) is 11.0 Å². The van der Waals surface area contributed by atoms with Crippen LogP contribution in [0.2, 0.25) is 0 Å². The molecule has 2 aromatic heterocycles. The number of hydrogen-bond acceptors (Lipinski definition) is 7. The first-order chi connectivity index (χ1) is 15.8. The minimum Gasteiger partial charge on any atom is -0.508 e. The van der Waals surface area contributed by atoms with Crippen molar-refractivity contribution in [1.82, 2.24) is 30.2 Å². The molecule has 4 N–H and O–H groups in total. The number of halogens is 3. The Bertz CT molecular complexity index is 1350. The molecule has 2 aromatic carbocycles. The number of aromatic nitrogens is 4. The SMILES string of the molecule is O=C1NCCNC[C@H]1Nc1nc2ccc(C(F)(F)F)cc2c2nc(-c3ccc(O)cc3)nn12. The van der Waals surface area contributed by atoms with Crippen molar-refractivity contribution in [3.05, 3.63) is 48.0 Å². The predicted molar refractivity (Wildman–Crippen MR) is 114 cm³/mol. The van der Waals surface area contributed by atoms with Gasteiger partial charge in [0.1, 0.15) is 11.8 Å². The van der Waals surface area contributed by atoms with Crippen LogP contribution in [0.25, 0.3) is 27.9 Å². The quantitative estimate of drug-likeness (QED) is 0.373. The molecule has 12 heteroatoms. The zero-order valence-electron chi connectivity index (χ0n) is 17.0. The van der Waals surface area contributed by atoms with Gasteiger partial charge in [0.05, 0.1) is 11.1 Å². The summed E-state index contributed by atoms with van der Waals surface area (Å²) in [4.78, 5) is 21.3. The molecule has 3 heterocycles. The third kappa shape index (κ3) is 4.00. The maximum absolute atomic E-state index is 13.3. The van der Waals surface area contributed by atoms with Gasteiger partial charge in [0.2, 0.25) is 11.9 Å². The molecule has 1 amide bonds. The molecular weight excluding hydrogens is 439 g/mol. The van der Waals surface area contributed by atoms with Crippen LogP contribution >= 0.6 is 0 Å². The maximum Gasteiger partial charge on any atom is 0.416 e. The van der Waals surface area contributed by atoms with E-state index in [1.54, 1.807) is 12.1 Å². The monoisotopic (exact) mass is 457 g/mol. The minimum atomic E-state index is -4.54. The molecule has 0 radical (unpaired) electrons. The molecule has 1 saturated heterocycles. The van der Waals surface area contributed by atoms with Crippen LogP contribution in [-0.4, -0.2) is 56.3 Å². The average Bonchev–Trinajstić information content (AvgIpc) is 3.13. The van der Waals surface area contributed by atoms with E-state index in [1.165, 1.54) is 22.7 Å². The van der Waals surface area contributed by atoms with Gasteiger partial charge in [-0.15, -0.1) is 5.10 Å². The number of benzene rings is 2. The Labute approximate surface area is 184 Å². The van der Waals surface area contributed by atoms with Gasteiger partial charge < -0.3 is 21.1 Å². The molecule has 1 aliphatic rings. The molecule has 0 spiro atoms. The summed E-state index contributed by atoms with van der Waals surface area (Å²) in [7, 11) is 0. The predicted octanol–water partition coefficient (Wildman–Crippen LogP) is 2.17. The molecule has 1 atom stereocenters. The molecule has 0 saturated carbocycles. The topological polar surface area (TPSA) is 116 Å². The van der Waals surface area contributed by atoms with Gasteiger partial charge >= 0.3 is 6.18 Å². The molecule has 9 nitrogen and oxygen atoms in total. The lowest BCUT2D eigenvalue weighted by atomic mass is 10.1. The lowest BCUT2D eigenvalue weighted by molar-refractivity contribution is -0.137. The summed E-state index contributed by atoms with van der Waals surface area (Å²) in [6.07, 6.45) is -4.54. The summed E-state index contributed by atoms with van der Waals surface area (Å²) in [6.45, 7) is 1.42. The lowest BCUT2D eigenvalue weighted by Gasteiger charge is -2.17. The van der Waals surface area contributed by atoms with Gasteiger partial charge in [-0.3, -0.25) is 4.79 Å². The van der Waals surface area contributed by atoms with Crippen molar-refractivity contribution >= 4 is 28.4 Å². The van der Waals surface area contributed by atoms with E-state index < -0.39 is 17.8 Å². The van der Waals surface area contributed by atoms with Crippen LogP contribution < -0.4 is 16.0 Å². The van der Waals surface area contributed by atoms with Crippen molar-refractivity contribution in [2.75, 3.05) is 25.0 Å². The number of carbonyl (C=O) groups excluding carboxylic acids is 1. The van der Waals surface area contributed by atoms with Crippen LogP contribution in [0.4, 0.5) is 19.1 Å². The molecule has 170 valence electrons. The van der Waals surface area contributed by atoms with E-state index in [2.05, 4.69) is 31.0 Å². The van der Waals surface area contributed by atoms with Gasteiger partial charge in [-0.1, -0.05) is 0 Å². The normalized spacial score (nSPS) is 17.2. The van der Waals surface area contributed by atoms with Crippen LogP contribution in [0.3, 0.4) is 0 Å². The number of anilines is 1. The number of rotatable bonds is 3. The Morgan fingerprint density at radius 2 is 1.88 bits per heavy atom. The third-order valence-electron chi connectivity index (χ3n) is 5.29. The van der Waals surface area contributed by atoms with Crippen LogP contribution in [0, 0.1) is 0 Å². The van der Waals surface area contributed by atoms with Gasteiger partial charge in [-0.05, 0) is 42.5 Å². The Morgan fingerprint density at radius 3 is 2.64 bits per heavy atom. The fourth-order valence-electron chi connectivity index (χ4n) is 3.62. The van der Waals surface area contributed by atoms with Gasteiger partial charge in [-0.2, -0.15) is 17.7 Å². The van der Waals surface area contributed by atoms with Crippen molar-refractivity contribution < 1.29 is 23.1 Å². The van der Waals surface area contributed by atoms with Crippen LogP contribution in [0.5, 0.6) is 5.75 Å². The summed E-state index contributed by atoms with van der Waals surface area (Å²) in [5, 5.41) is 23.1. The largest absolute Gasteiger partial charge is 0.508 e. The number of carbonyl (C=O) groups is 1. The van der Waals surface area contributed by atoms with E-state index in [4.69, 9.17) is 0 Å². The van der Waals surface area contributed by atoms with Crippen molar-refractivity contribution in [2.45, 2.75) is 12.2 Å². The second kappa shape index (κ2) is 7.89. The van der Waals surface area contributed by atoms with Crippen molar-refractivity contribution in [3.63, 3.8) is 0 Å². The van der Waals surface area contributed by atoms with Gasteiger partial charge in [0.25, 0.3) is 0 Å². The highest BCUT2D eigenvalue weighted by Crippen LogP contribution is 2.33. The average molecular weight is 457 g/mol. The Hall–Kier alpha value is -3.93. The molecule has 0 unspecified atom stereocenters. The van der Waals surface area contributed by atoms with Gasteiger partial charge in [0.15, 0.2) is 11.5 Å². The molecule has 1 aliphatic heterocycles. The minimum absolute atomic E-state index is 0.0543. The highest BCUT2D eigenvalue weighted by molar-refractivity contribution is 5.94. The summed E-state index contributed by atoms with van der Waals surface area (Å²) >= 11 is 0.